The van der Waals surface area contributed by atoms with E-state index >= 15 is 0 Å². The lowest BCUT2D eigenvalue weighted by Crippen LogP contribution is -2.50. The van der Waals surface area contributed by atoms with E-state index in [0.29, 0.717) is 49.0 Å². The van der Waals surface area contributed by atoms with E-state index in [1.165, 1.54) is 6.07 Å². The van der Waals surface area contributed by atoms with Crippen molar-refractivity contribution in [1.29, 1.82) is 0 Å². The summed E-state index contributed by atoms with van der Waals surface area (Å²) < 4.78 is 14.0. The van der Waals surface area contributed by atoms with Crippen molar-refractivity contribution in [3.8, 4) is 0 Å². The fraction of sp³-hybridized carbons (Fsp3) is 0.333. The first-order chi connectivity index (χ1) is 13.5. The quantitative estimate of drug-likeness (QED) is 0.859. The second-order valence-corrected chi connectivity index (χ2v) is 7.60. The van der Waals surface area contributed by atoms with Gasteiger partial charge in [0.15, 0.2) is 0 Å². The lowest BCUT2D eigenvalue weighted by Gasteiger charge is -2.37. The van der Waals surface area contributed by atoms with Gasteiger partial charge in [-0.2, -0.15) is 0 Å². The molecular formula is C21H21ClFN3O2. The van der Waals surface area contributed by atoms with Crippen LogP contribution in [0.2, 0.25) is 5.02 Å². The molecule has 0 spiro atoms. The molecule has 146 valence electrons. The van der Waals surface area contributed by atoms with Gasteiger partial charge in [0, 0.05) is 55.4 Å². The van der Waals surface area contributed by atoms with Gasteiger partial charge >= 0.3 is 0 Å². The zero-order chi connectivity index (χ0) is 19.7. The van der Waals surface area contributed by atoms with Crippen LogP contribution in [-0.4, -0.2) is 47.8 Å². The first kappa shape index (κ1) is 18.9. The SMILES string of the molecule is O=C1CC(C(=O)N2CCN(Cc3c(F)cccc3Cl)CC2)c2ccccc2N1. The van der Waals surface area contributed by atoms with Gasteiger partial charge in [0.2, 0.25) is 11.8 Å². The number of halogens is 2. The Morgan fingerprint density at radius 1 is 1.11 bits per heavy atom. The largest absolute Gasteiger partial charge is 0.340 e. The van der Waals surface area contributed by atoms with E-state index in [2.05, 4.69) is 10.2 Å². The highest BCUT2D eigenvalue weighted by Gasteiger charge is 2.34. The van der Waals surface area contributed by atoms with Crippen LogP contribution in [0.15, 0.2) is 42.5 Å². The number of rotatable bonds is 3. The van der Waals surface area contributed by atoms with E-state index in [-0.39, 0.29) is 24.1 Å². The van der Waals surface area contributed by atoms with Crippen molar-refractivity contribution in [3.05, 3.63) is 64.4 Å². The van der Waals surface area contributed by atoms with Crippen LogP contribution >= 0.6 is 11.6 Å². The van der Waals surface area contributed by atoms with Crippen LogP contribution in [0.3, 0.4) is 0 Å². The lowest BCUT2D eigenvalue weighted by atomic mass is 9.89. The third-order valence-corrected chi connectivity index (χ3v) is 5.78. The Balaban J connectivity index is 1.42. The van der Waals surface area contributed by atoms with E-state index in [4.69, 9.17) is 11.6 Å². The zero-order valence-corrected chi connectivity index (χ0v) is 16.1. The Labute approximate surface area is 168 Å². The molecule has 2 heterocycles. The summed E-state index contributed by atoms with van der Waals surface area (Å²) in [6, 6.07) is 12.1. The third-order valence-electron chi connectivity index (χ3n) is 5.43. The molecule has 2 aromatic carbocycles. The summed E-state index contributed by atoms with van der Waals surface area (Å²) in [4.78, 5) is 29.0. The number of benzene rings is 2. The molecule has 7 heteroatoms. The van der Waals surface area contributed by atoms with Crippen LogP contribution < -0.4 is 5.32 Å². The molecule has 2 aliphatic rings. The number of nitrogens with zero attached hydrogens (tertiary/aromatic N) is 2. The van der Waals surface area contributed by atoms with Crippen molar-refractivity contribution in [3.63, 3.8) is 0 Å². The molecule has 1 unspecified atom stereocenters. The van der Waals surface area contributed by atoms with E-state index in [0.717, 1.165) is 5.56 Å². The van der Waals surface area contributed by atoms with Crippen molar-refractivity contribution in [2.75, 3.05) is 31.5 Å². The van der Waals surface area contributed by atoms with Crippen molar-refractivity contribution in [1.82, 2.24) is 9.80 Å². The Hall–Kier alpha value is -2.44. The minimum Gasteiger partial charge on any atom is -0.340 e. The molecular weight excluding hydrogens is 381 g/mol. The Morgan fingerprint density at radius 3 is 2.61 bits per heavy atom. The number of hydrogen-bond acceptors (Lipinski definition) is 3. The van der Waals surface area contributed by atoms with E-state index in [1.807, 2.05) is 24.3 Å². The van der Waals surface area contributed by atoms with Crippen molar-refractivity contribution < 1.29 is 14.0 Å². The number of piperazine rings is 1. The van der Waals surface area contributed by atoms with Crippen LogP contribution in [0.5, 0.6) is 0 Å². The molecule has 2 aromatic rings. The smallest absolute Gasteiger partial charge is 0.230 e. The van der Waals surface area contributed by atoms with E-state index in [1.54, 1.807) is 17.0 Å². The highest BCUT2D eigenvalue weighted by Crippen LogP contribution is 2.33. The van der Waals surface area contributed by atoms with Crippen LogP contribution in [0.25, 0.3) is 0 Å². The third kappa shape index (κ3) is 3.75. The standard InChI is InChI=1S/C21H21ClFN3O2/c22-17-5-3-6-18(23)16(17)13-25-8-10-26(11-9-25)21(28)15-12-20(27)24-19-7-2-1-4-14(15)19/h1-7,15H,8-13H2,(H,24,27). The highest BCUT2D eigenvalue weighted by molar-refractivity contribution is 6.31. The first-order valence-electron chi connectivity index (χ1n) is 9.36. The topological polar surface area (TPSA) is 52.7 Å². The van der Waals surface area contributed by atoms with Gasteiger partial charge in [-0.1, -0.05) is 35.9 Å². The summed E-state index contributed by atoms with van der Waals surface area (Å²) in [5.41, 5.74) is 2.07. The number of anilines is 1. The van der Waals surface area contributed by atoms with Gasteiger partial charge in [0.1, 0.15) is 5.82 Å². The monoisotopic (exact) mass is 401 g/mol. The molecule has 2 aliphatic heterocycles. The summed E-state index contributed by atoms with van der Waals surface area (Å²) in [5, 5.41) is 3.25. The predicted octanol–water partition coefficient (Wildman–Crippen LogP) is 3.25. The number of carbonyl (C=O) groups is 2. The van der Waals surface area contributed by atoms with Gasteiger partial charge in [0.25, 0.3) is 0 Å². The fourth-order valence-corrected chi connectivity index (χ4v) is 4.11. The predicted molar refractivity (Wildman–Crippen MR) is 106 cm³/mol. The molecule has 0 radical (unpaired) electrons. The van der Waals surface area contributed by atoms with Gasteiger partial charge in [0.05, 0.1) is 5.92 Å². The second-order valence-electron chi connectivity index (χ2n) is 7.19. The molecule has 0 bridgehead atoms. The summed E-state index contributed by atoms with van der Waals surface area (Å²) in [6.07, 6.45) is 0.168. The summed E-state index contributed by atoms with van der Waals surface area (Å²) in [7, 11) is 0. The highest BCUT2D eigenvalue weighted by atomic mass is 35.5. The number of carbonyl (C=O) groups excluding carboxylic acids is 2. The number of nitrogens with one attached hydrogen (secondary N) is 1. The normalized spacial score (nSPS) is 19.9. The van der Waals surface area contributed by atoms with Crippen LogP contribution in [0.1, 0.15) is 23.5 Å². The van der Waals surface area contributed by atoms with Crippen LogP contribution in [0.4, 0.5) is 10.1 Å². The molecule has 1 N–H and O–H groups in total. The lowest BCUT2D eigenvalue weighted by molar-refractivity contribution is -0.136. The molecule has 0 aliphatic carbocycles. The number of amides is 2. The average Bonchev–Trinajstić information content (AvgIpc) is 2.70. The molecule has 1 saturated heterocycles. The number of para-hydroxylation sites is 1. The molecule has 5 nitrogen and oxygen atoms in total. The Bertz CT molecular complexity index is 892. The van der Waals surface area contributed by atoms with Crippen molar-refractivity contribution in [2.24, 2.45) is 0 Å². The van der Waals surface area contributed by atoms with Gasteiger partial charge < -0.3 is 10.2 Å². The minimum absolute atomic E-state index is 0.0223. The minimum atomic E-state index is -0.447. The van der Waals surface area contributed by atoms with Gasteiger partial charge in [-0.3, -0.25) is 14.5 Å². The summed E-state index contributed by atoms with van der Waals surface area (Å²) >= 11 is 6.12. The zero-order valence-electron chi connectivity index (χ0n) is 15.3. The van der Waals surface area contributed by atoms with Crippen LogP contribution in [-0.2, 0) is 16.1 Å². The van der Waals surface area contributed by atoms with Crippen molar-refractivity contribution >= 4 is 29.1 Å². The van der Waals surface area contributed by atoms with Crippen molar-refractivity contribution in [2.45, 2.75) is 18.9 Å². The Kier molecular flexibility index (Phi) is 5.33. The molecule has 4 rings (SSSR count). The molecule has 28 heavy (non-hydrogen) atoms. The maximum absolute atomic E-state index is 14.0. The summed E-state index contributed by atoms with van der Waals surface area (Å²) in [6.45, 7) is 2.78. The summed E-state index contributed by atoms with van der Waals surface area (Å²) in [5.74, 6) is -0.913. The van der Waals surface area contributed by atoms with Crippen LogP contribution in [0, 0.1) is 5.82 Å². The second kappa shape index (κ2) is 7.89. The maximum atomic E-state index is 14.0. The van der Waals surface area contributed by atoms with Gasteiger partial charge in [-0.05, 0) is 23.8 Å². The molecule has 1 fully saturated rings. The maximum Gasteiger partial charge on any atom is 0.230 e. The van der Waals surface area contributed by atoms with Gasteiger partial charge in [-0.15, -0.1) is 0 Å². The average molecular weight is 402 g/mol. The number of fused-ring (bicyclic) bond motifs is 1. The molecule has 0 aromatic heterocycles. The first-order valence-corrected chi connectivity index (χ1v) is 9.73. The Morgan fingerprint density at radius 2 is 1.86 bits per heavy atom. The molecule has 0 saturated carbocycles. The van der Waals surface area contributed by atoms with Gasteiger partial charge in [-0.25, -0.2) is 4.39 Å². The van der Waals surface area contributed by atoms with E-state index in [9.17, 15) is 14.0 Å². The molecule has 1 atom stereocenters. The molecule has 2 amide bonds. The van der Waals surface area contributed by atoms with E-state index < -0.39 is 5.92 Å². The fourth-order valence-electron chi connectivity index (χ4n) is 3.89. The number of hydrogen-bond donors (Lipinski definition) is 1.